The van der Waals surface area contributed by atoms with Gasteiger partial charge in [0.2, 0.25) is 0 Å². The van der Waals surface area contributed by atoms with Crippen LogP contribution in [0.5, 0.6) is 0 Å². The fraction of sp³-hybridized carbons (Fsp3) is 0.375. The number of aryl methyl sites for hydroxylation is 2. The number of amides is 1. The minimum Gasteiger partial charge on any atom is -0.327 e. The summed E-state index contributed by atoms with van der Waals surface area (Å²) in [5.41, 5.74) is 8.86. The molecule has 1 amide bonds. The zero-order valence-corrected chi connectivity index (χ0v) is 14.1. The quantitative estimate of drug-likeness (QED) is 0.903. The van der Waals surface area contributed by atoms with Crippen LogP contribution in [0.15, 0.2) is 24.3 Å². The van der Waals surface area contributed by atoms with Gasteiger partial charge in [-0.2, -0.15) is 0 Å². The molecule has 0 radical (unpaired) electrons. The van der Waals surface area contributed by atoms with E-state index in [2.05, 4.69) is 17.2 Å². The summed E-state index contributed by atoms with van der Waals surface area (Å²) in [7, 11) is 0. The summed E-state index contributed by atoms with van der Waals surface area (Å²) in [5.74, 6) is -0.0807. The van der Waals surface area contributed by atoms with Crippen LogP contribution in [-0.4, -0.2) is 16.9 Å². The minimum atomic E-state index is -0.0807. The molecule has 1 atom stereocenters. The molecule has 4 nitrogen and oxygen atoms in total. The highest BCUT2D eigenvalue weighted by molar-refractivity contribution is 7.15. The monoisotopic (exact) mass is 337 g/mol. The number of anilines is 1. The van der Waals surface area contributed by atoms with Crippen LogP contribution in [-0.2, 0) is 19.3 Å². The van der Waals surface area contributed by atoms with Crippen LogP contribution in [0.2, 0.25) is 0 Å². The van der Waals surface area contributed by atoms with Gasteiger partial charge in [0.25, 0.3) is 5.91 Å². The molecule has 3 N–H and O–H groups in total. The van der Waals surface area contributed by atoms with Crippen molar-refractivity contribution in [3.8, 4) is 0 Å². The van der Waals surface area contributed by atoms with Gasteiger partial charge in [0.05, 0.1) is 5.69 Å². The van der Waals surface area contributed by atoms with Crippen molar-refractivity contribution >= 4 is 34.8 Å². The summed E-state index contributed by atoms with van der Waals surface area (Å²) in [4.78, 5) is 18.2. The van der Waals surface area contributed by atoms with Gasteiger partial charge >= 0.3 is 0 Å². The lowest BCUT2D eigenvalue weighted by atomic mass is 9.99. The summed E-state index contributed by atoms with van der Waals surface area (Å²) < 4.78 is 0. The second-order valence-corrected chi connectivity index (χ2v) is 6.44. The number of nitrogens with zero attached hydrogens (tertiary/aromatic N) is 1. The summed E-state index contributed by atoms with van der Waals surface area (Å²) in [6.45, 7) is 2.05. The molecule has 1 aromatic heterocycles. The Balaban J connectivity index is 0.00000176. The summed E-state index contributed by atoms with van der Waals surface area (Å²) in [6, 6.07) is 7.92. The molecule has 0 spiro atoms. The van der Waals surface area contributed by atoms with Gasteiger partial charge in [0, 0.05) is 16.5 Å². The maximum Gasteiger partial charge on any atom is 0.257 e. The van der Waals surface area contributed by atoms with Crippen molar-refractivity contribution in [1.29, 1.82) is 0 Å². The number of aromatic nitrogens is 1. The SMILES string of the molecule is CCc1ccccc1C(=O)Nc1nc2c(s1)C[C@@H](N)CC2.Cl. The number of carbonyl (C=O) groups is 1. The van der Waals surface area contributed by atoms with E-state index in [4.69, 9.17) is 5.73 Å². The second kappa shape index (κ2) is 7.22. The lowest BCUT2D eigenvalue weighted by Gasteiger charge is -2.15. The van der Waals surface area contributed by atoms with Gasteiger partial charge in [-0.3, -0.25) is 10.1 Å². The molecule has 3 rings (SSSR count). The molecule has 0 saturated heterocycles. The van der Waals surface area contributed by atoms with E-state index in [0.29, 0.717) is 5.13 Å². The van der Waals surface area contributed by atoms with Gasteiger partial charge < -0.3 is 5.73 Å². The normalized spacial score (nSPS) is 16.5. The number of thiazole rings is 1. The summed E-state index contributed by atoms with van der Waals surface area (Å²) >= 11 is 1.55. The maximum absolute atomic E-state index is 12.4. The number of hydrogen-bond acceptors (Lipinski definition) is 4. The fourth-order valence-electron chi connectivity index (χ4n) is 2.67. The first-order chi connectivity index (χ1) is 10.2. The van der Waals surface area contributed by atoms with Gasteiger partial charge in [-0.15, -0.1) is 23.7 Å². The smallest absolute Gasteiger partial charge is 0.257 e. The van der Waals surface area contributed by atoms with Crippen molar-refractivity contribution < 1.29 is 4.79 Å². The highest BCUT2D eigenvalue weighted by Crippen LogP contribution is 2.29. The standard InChI is InChI=1S/C16H19N3OS.ClH/c1-2-10-5-3-4-6-12(10)15(20)19-16-18-13-8-7-11(17)9-14(13)21-16;/h3-6,11H,2,7-9,17H2,1H3,(H,18,19,20);1H/t11-;/m0./s1. The van der Waals surface area contributed by atoms with Crippen molar-refractivity contribution in [1.82, 2.24) is 4.98 Å². The minimum absolute atomic E-state index is 0. The number of fused-ring (bicyclic) bond motifs is 1. The molecule has 2 aromatic rings. The van der Waals surface area contributed by atoms with Crippen LogP contribution in [0.25, 0.3) is 0 Å². The number of halogens is 1. The topological polar surface area (TPSA) is 68.0 Å². The third kappa shape index (κ3) is 3.48. The van der Waals surface area contributed by atoms with Crippen LogP contribution in [0.1, 0.15) is 39.8 Å². The number of nitrogens with one attached hydrogen (secondary N) is 1. The third-order valence-electron chi connectivity index (χ3n) is 3.84. The molecule has 6 heteroatoms. The van der Waals surface area contributed by atoms with E-state index in [1.807, 2.05) is 24.3 Å². The lowest BCUT2D eigenvalue weighted by molar-refractivity contribution is 0.102. The Morgan fingerprint density at radius 2 is 2.23 bits per heavy atom. The zero-order valence-electron chi connectivity index (χ0n) is 12.5. The van der Waals surface area contributed by atoms with Crippen LogP contribution in [0, 0.1) is 0 Å². The Hall–Kier alpha value is -1.43. The van der Waals surface area contributed by atoms with E-state index in [0.717, 1.165) is 42.5 Å². The predicted molar refractivity (Wildman–Crippen MR) is 93.1 cm³/mol. The largest absolute Gasteiger partial charge is 0.327 e. The van der Waals surface area contributed by atoms with Gasteiger partial charge in [0.15, 0.2) is 5.13 Å². The molecular formula is C16H20ClN3OS. The Morgan fingerprint density at radius 3 is 3.00 bits per heavy atom. The molecule has 0 bridgehead atoms. The molecule has 1 aliphatic rings. The molecule has 22 heavy (non-hydrogen) atoms. The van der Waals surface area contributed by atoms with E-state index in [-0.39, 0.29) is 24.4 Å². The van der Waals surface area contributed by atoms with Gasteiger partial charge in [-0.25, -0.2) is 4.98 Å². The number of hydrogen-bond donors (Lipinski definition) is 2. The number of nitrogens with two attached hydrogens (primary N) is 1. The molecule has 0 unspecified atom stereocenters. The maximum atomic E-state index is 12.4. The highest BCUT2D eigenvalue weighted by atomic mass is 35.5. The van der Waals surface area contributed by atoms with Gasteiger partial charge in [-0.1, -0.05) is 25.1 Å². The third-order valence-corrected chi connectivity index (χ3v) is 4.88. The molecule has 0 aliphatic heterocycles. The fourth-order valence-corrected chi connectivity index (χ4v) is 3.76. The molecule has 118 valence electrons. The number of benzene rings is 1. The van der Waals surface area contributed by atoms with E-state index < -0.39 is 0 Å². The van der Waals surface area contributed by atoms with Crippen molar-refractivity contribution in [2.24, 2.45) is 5.73 Å². The highest BCUT2D eigenvalue weighted by Gasteiger charge is 2.21. The predicted octanol–water partition coefficient (Wildman–Crippen LogP) is 3.20. The molecule has 1 aromatic carbocycles. The molecule has 0 fully saturated rings. The van der Waals surface area contributed by atoms with E-state index in [9.17, 15) is 4.79 Å². The van der Waals surface area contributed by atoms with Gasteiger partial charge in [0.1, 0.15) is 0 Å². The van der Waals surface area contributed by atoms with Crippen molar-refractivity contribution in [2.75, 3.05) is 5.32 Å². The average molecular weight is 338 g/mol. The van der Waals surface area contributed by atoms with Crippen molar-refractivity contribution in [3.63, 3.8) is 0 Å². The molecule has 0 saturated carbocycles. The Bertz CT molecular complexity index is 671. The Kier molecular flexibility index (Phi) is 5.56. The van der Waals surface area contributed by atoms with Crippen LogP contribution >= 0.6 is 23.7 Å². The first-order valence-corrected chi connectivity index (χ1v) is 8.12. The number of carbonyl (C=O) groups excluding carboxylic acids is 1. The first kappa shape index (κ1) is 16.9. The van der Waals surface area contributed by atoms with E-state index in [1.165, 1.54) is 4.88 Å². The molecule has 1 heterocycles. The zero-order chi connectivity index (χ0) is 14.8. The van der Waals surface area contributed by atoms with Crippen molar-refractivity contribution in [3.05, 3.63) is 46.0 Å². The first-order valence-electron chi connectivity index (χ1n) is 7.30. The summed E-state index contributed by atoms with van der Waals surface area (Å²) in [5, 5.41) is 3.62. The second-order valence-electron chi connectivity index (χ2n) is 5.36. The van der Waals surface area contributed by atoms with E-state index >= 15 is 0 Å². The number of rotatable bonds is 3. The van der Waals surface area contributed by atoms with E-state index in [1.54, 1.807) is 11.3 Å². The lowest BCUT2D eigenvalue weighted by Crippen LogP contribution is -2.27. The van der Waals surface area contributed by atoms with Crippen LogP contribution in [0.4, 0.5) is 5.13 Å². The van der Waals surface area contributed by atoms with Crippen LogP contribution in [0.3, 0.4) is 0 Å². The molecular weight excluding hydrogens is 318 g/mol. The van der Waals surface area contributed by atoms with Crippen molar-refractivity contribution in [2.45, 2.75) is 38.6 Å². The molecule has 1 aliphatic carbocycles. The van der Waals surface area contributed by atoms with Crippen LogP contribution < -0.4 is 11.1 Å². The average Bonchev–Trinajstić information content (AvgIpc) is 2.88. The Morgan fingerprint density at radius 1 is 1.45 bits per heavy atom. The van der Waals surface area contributed by atoms with Gasteiger partial charge in [-0.05, 0) is 37.3 Å². The summed E-state index contributed by atoms with van der Waals surface area (Å²) in [6.07, 6.45) is 3.60. The Labute approximate surface area is 140 Å².